The van der Waals surface area contributed by atoms with Crippen LogP contribution in [0.15, 0.2) is 30.3 Å². The number of alkyl halides is 2. The molecule has 21 heavy (non-hydrogen) atoms. The molecule has 114 valence electrons. The van der Waals surface area contributed by atoms with Gasteiger partial charge in [0.1, 0.15) is 10.4 Å². The molecule has 2 atom stereocenters. The highest BCUT2D eigenvalue weighted by molar-refractivity contribution is 6.53. The van der Waals surface area contributed by atoms with Crippen LogP contribution in [0.5, 0.6) is 0 Å². The summed E-state index contributed by atoms with van der Waals surface area (Å²) in [6, 6.07) is 8.36. The zero-order chi connectivity index (χ0) is 15.8. The molecular weight excluding hydrogens is 311 g/mol. The molecule has 1 aromatic rings. The molecule has 1 saturated carbocycles. The molecule has 2 amide bonds. The molecule has 0 unspecified atom stereocenters. The molecule has 4 nitrogen and oxygen atoms in total. The lowest BCUT2D eigenvalue weighted by molar-refractivity contribution is -0.136. The number of halogens is 2. The van der Waals surface area contributed by atoms with Crippen molar-refractivity contribution < 1.29 is 9.59 Å². The molecule has 0 saturated heterocycles. The Bertz CT molecular complexity index is 560. The average Bonchev–Trinajstić information content (AvgIpc) is 2.96. The standard InChI is InChI=1S/C15H18Cl2N2O2/c1-14(9-15(14,16)17)13(21)18-11(12(20)19(2)3)10-7-5-4-6-8-10/h4-8,11H,9H2,1-3H3,(H,18,21)/t11-,14-/m0/s1. The molecule has 1 fully saturated rings. The molecule has 0 radical (unpaired) electrons. The van der Waals surface area contributed by atoms with Crippen molar-refractivity contribution >= 4 is 35.0 Å². The van der Waals surface area contributed by atoms with E-state index >= 15 is 0 Å². The van der Waals surface area contributed by atoms with Gasteiger partial charge in [-0.05, 0) is 18.9 Å². The molecule has 1 aliphatic carbocycles. The van der Waals surface area contributed by atoms with Crippen LogP contribution in [0.3, 0.4) is 0 Å². The van der Waals surface area contributed by atoms with Crippen LogP contribution in [-0.4, -0.2) is 35.1 Å². The third-order valence-corrected chi connectivity index (χ3v) is 4.96. The van der Waals surface area contributed by atoms with E-state index in [-0.39, 0.29) is 11.8 Å². The number of rotatable bonds is 4. The van der Waals surface area contributed by atoms with Crippen LogP contribution in [0, 0.1) is 5.41 Å². The fraction of sp³-hybridized carbons (Fsp3) is 0.467. The largest absolute Gasteiger partial charge is 0.347 e. The van der Waals surface area contributed by atoms with Crippen molar-refractivity contribution in [1.82, 2.24) is 10.2 Å². The number of hydrogen-bond donors (Lipinski definition) is 1. The summed E-state index contributed by atoms with van der Waals surface area (Å²) < 4.78 is -1.06. The second-order valence-electron chi connectivity index (χ2n) is 5.76. The van der Waals surface area contributed by atoms with Crippen LogP contribution in [0.2, 0.25) is 0 Å². The van der Waals surface area contributed by atoms with Crippen molar-refractivity contribution in [1.29, 1.82) is 0 Å². The number of carbonyl (C=O) groups excluding carboxylic acids is 2. The summed E-state index contributed by atoms with van der Waals surface area (Å²) in [5, 5.41) is 2.77. The number of likely N-dealkylation sites (N-methyl/N-ethyl adjacent to an activating group) is 1. The van der Waals surface area contributed by atoms with E-state index in [0.717, 1.165) is 5.56 Å². The minimum absolute atomic E-state index is 0.200. The first-order chi connectivity index (χ1) is 9.69. The summed E-state index contributed by atoms with van der Waals surface area (Å²) in [6.07, 6.45) is 0.382. The molecule has 1 aromatic carbocycles. The van der Waals surface area contributed by atoms with Gasteiger partial charge in [-0.25, -0.2) is 0 Å². The fourth-order valence-electron chi connectivity index (χ4n) is 2.13. The number of hydrogen-bond acceptors (Lipinski definition) is 2. The number of amides is 2. The summed E-state index contributed by atoms with van der Waals surface area (Å²) in [7, 11) is 3.30. The first-order valence-corrected chi connectivity index (χ1v) is 7.39. The summed E-state index contributed by atoms with van der Waals surface area (Å²) in [5.41, 5.74) is -0.126. The van der Waals surface area contributed by atoms with E-state index in [0.29, 0.717) is 6.42 Å². The van der Waals surface area contributed by atoms with Gasteiger partial charge in [-0.3, -0.25) is 9.59 Å². The average molecular weight is 329 g/mol. The fourth-order valence-corrected chi connectivity index (χ4v) is 2.83. The van der Waals surface area contributed by atoms with Crippen LogP contribution in [0.4, 0.5) is 0 Å². The van der Waals surface area contributed by atoms with Gasteiger partial charge in [0.25, 0.3) is 0 Å². The van der Waals surface area contributed by atoms with Crippen LogP contribution in [-0.2, 0) is 9.59 Å². The highest BCUT2D eigenvalue weighted by Crippen LogP contribution is 2.63. The van der Waals surface area contributed by atoms with Gasteiger partial charge in [0, 0.05) is 14.1 Å². The summed E-state index contributed by atoms with van der Waals surface area (Å²) in [6.45, 7) is 1.70. The minimum atomic E-state index is -1.06. The van der Waals surface area contributed by atoms with Crippen LogP contribution >= 0.6 is 23.2 Å². The van der Waals surface area contributed by atoms with E-state index in [9.17, 15) is 9.59 Å². The number of nitrogens with one attached hydrogen (secondary N) is 1. The van der Waals surface area contributed by atoms with Gasteiger partial charge < -0.3 is 10.2 Å². The van der Waals surface area contributed by atoms with E-state index in [2.05, 4.69) is 5.32 Å². The highest BCUT2D eigenvalue weighted by Gasteiger charge is 2.68. The smallest absolute Gasteiger partial charge is 0.249 e. The molecule has 0 aromatic heterocycles. The molecule has 0 heterocycles. The Hall–Kier alpha value is -1.26. The second-order valence-corrected chi connectivity index (χ2v) is 7.25. The summed E-state index contributed by atoms with van der Waals surface area (Å²) in [4.78, 5) is 26.2. The highest BCUT2D eigenvalue weighted by atomic mass is 35.5. The Balaban J connectivity index is 2.22. The lowest BCUT2D eigenvalue weighted by Gasteiger charge is -2.24. The van der Waals surface area contributed by atoms with Crippen molar-refractivity contribution in [3.63, 3.8) is 0 Å². The van der Waals surface area contributed by atoms with Gasteiger partial charge in [-0.15, -0.1) is 23.2 Å². The van der Waals surface area contributed by atoms with E-state index in [4.69, 9.17) is 23.2 Å². The maximum Gasteiger partial charge on any atom is 0.249 e. The lowest BCUT2D eigenvalue weighted by Crippen LogP contribution is -2.43. The predicted octanol–water partition coefficient (Wildman–Crippen LogP) is 2.52. The van der Waals surface area contributed by atoms with Crippen molar-refractivity contribution in [2.75, 3.05) is 14.1 Å². The Labute approximate surface area is 134 Å². The molecular formula is C15H18Cl2N2O2. The van der Waals surface area contributed by atoms with Crippen LogP contribution < -0.4 is 5.32 Å². The predicted molar refractivity (Wildman–Crippen MR) is 83.2 cm³/mol. The van der Waals surface area contributed by atoms with Crippen LogP contribution in [0.1, 0.15) is 24.9 Å². The van der Waals surface area contributed by atoms with Gasteiger partial charge in [0.2, 0.25) is 11.8 Å². The normalized spacial score (nSPS) is 24.0. The minimum Gasteiger partial charge on any atom is -0.347 e. The quantitative estimate of drug-likeness (QED) is 0.863. The first-order valence-electron chi connectivity index (χ1n) is 6.64. The first kappa shape index (κ1) is 16.1. The second kappa shape index (κ2) is 5.50. The third kappa shape index (κ3) is 3.01. The topological polar surface area (TPSA) is 49.4 Å². The monoisotopic (exact) mass is 328 g/mol. The Morgan fingerprint density at radius 1 is 1.24 bits per heavy atom. The van der Waals surface area contributed by atoms with Crippen molar-refractivity contribution in [3.8, 4) is 0 Å². The zero-order valence-corrected chi connectivity index (χ0v) is 13.7. The Morgan fingerprint density at radius 2 is 1.76 bits per heavy atom. The van der Waals surface area contributed by atoms with E-state index in [1.807, 2.05) is 18.2 Å². The van der Waals surface area contributed by atoms with Gasteiger partial charge in [-0.2, -0.15) is 0 Å². The van der Waals surface area contributed by atoms with E-state index < -0.39 is 15.8 Å². The van der Waals surface area contributed by atoms with E-state index in [1.54, 1.807) is 33.2 Å². The van der Waals surface area contributed by atoms with Gasteiger partial charge in [0.05, 0.1) is 5.41 Å². The summed E-state index contributed by atoms with van der Waals surface area (Å²) in [5.74, 6) is -0.509. The van der Waals surface area contributed by atoms with Gasteiger partial charge in [0.15, 0.2) is 0 Å². The van der Waals surface area contributed by atoms with Gasteiger partial charge >= 0.3 is 0 Å². The molecule has 1 aliphatic rings. The number of carbonyl (C=O) groups is 2. The molecule has 0 aliphatic heterocycles. The van der Waals surface area contributed by atoms with Gasteiger partial charge in [-0.1, -0.05) is 30.3 Å². The lowest BCUT2D eigenvalue weighted by atomic mass is 10.0. The van der Waals surface area contributed by atoms with Crippen LogP contribution in [0.25, 0.3) is 0 Å². The van der Waals surface area contributed by atoms with Crippen molar-refractivity contribution in [2.24, 2.45) is 5.41 Å². The van der Waals surface area contributed by atoms with Crippen molar-refractivity contribution in [3.05, 3.63) is 35.9 Å². The third-order valence-electron chi connectivity index (χ3n) is 3.86. The Kier molecular flexibility index (Phi) is 4.22. The Morgan fingerprint density at radius 3 is 2.19 bits per heavy atom. The SMILES string of the molecule is CN(C)C(=O)[C@@H](NC(=O)[C@]1(C)CC1(Cl)Cl)c1ccccc1. The maximum atomic E-state index is 12.4. The number of benzene rings is 1. The maximum absolute atomic E-state index is 12.4. The molecule has 6 heteroatoms. The summed E-state index contributed by atoms with van der Waals surface area (Å²) >= 11 is 12.0. The number of nitrogens with zero attached hydrogens (tertiary/aromatic N) is 1. The van der Waals surface area contributed by atoms with Crippen molar-refractivity contribution in [2.45, 2.75) is 23.7 Å². The van der Waals surface area contributed by atoms with E-state index in [1.165, 1.54) is 4.90 Å². The molecule has 0 spiro atoms. The molecule has 2 rings (SSSR count). The molecule has 0 bridgehead atoms. The zero-order valence-electron chi connectivity index (χ0n) is 12.2. The molecule has 1 N–H and O–H groups in total.